The minimum absolute atomic E-state index is 0.208. The van der Waals surface area contributed by atoms with E-state index in [-0.39, 0.29) is 6.10 Å². The van der Waals surface area contributed by atoms with Gasteiger partial charge in [0.05, 0.1) is 19.3 Å². The van der Waals surface area contributed by atoms with Crippen molar-refractivity contribution in [2.24, 2.45) is 10.9 Å². The average Bonchev–Trinajstić information content (AvgIpc) is 2.68. The third-order valence-corrected chi connectivity index (χ3v) is 5.17. The Balaban J connectivity index is 1.45. The molecule has 1 fully saturated rings. The minimum atomic E-state index is 0.208. The van der Waals surface area contributed by atoms with Gasteiger partial charge in [0.25, 0.3) is 0 Å². The van der Waals surface area contributed by atoms with Gasteiger partial charge in [-0.05, 0) is 24.0 Å². The Labute approximate surface area is 163 Å². The number of fused-ring (bicyclic) bond motifs is 1. The molecule has 6 nitrogen and oxygen atoms in total. The molecule has 2 N–H and O–H groups in total. The van der Waals surface area contributed by atoms with Crippen molar-refractivity contribution < 1.29 is 9.47 Å². The zero-order valence-electron chi connectivity index (χ0n) is 16.9. The molecule has 0 aliphatic carbocycles. The van der Waals surface area contributed by atoms with Crippen LogP contribution in [-0.4, -0.2) is 69.9 Å². The maximum atomic E-state index is 5.92. The number of nitrogens with zero attached hydrogens (tertiary/aromatic N) is 2. The molecule has 1 aromatic rings. The Morgan fingerprint density at radius 2 is 2.04 bits per heavy atom. The Morgan fingerprint density at radius 1 is 1.22 bits per heavy atom. The van der Waals surface area contributed by atoms with Crippen LogP contribution in [0, 0.1) is 5.92 Å². The highest BCUT2D eigenvalue weighted by Gasteiger charge is 2.23. The highest BCUT2D eigenvalue weighted by atomic mass is 16.5. The third-order valence-electron chi connectivity index (χ3n) is 5.17. The van der Waals surface area contributed by atoms with Crippen molar-refractivity contribution in [1.82, 2.24) is 15.5 Å². The summed E-state index contributed by atoms with van der Waals surface area (Å²) >= 11 is 0. The molecular weight excluding hydrogens is 340 g/mol. The number of hydrogen-bond acceptors (Lipinski definition) is 4. The first kappa shape index (κ1) is 20.0. The van der Waals surface area contributed by atoms with Crippen LogP contribution in [0.5, 0.6) is 5.75 Å². The predicted octanol–water partition coefficient (Wildman–Crippen LogP) is 2.07. The maximum absolute atomic E-state index is 5.92. The number of ether oxygens (including phenoxy) is 2. The summed E-state index contributed by atoms with van der Waals surface area (Å²) in [5.74, 6) is 2.98. The van der Waals surface area contributed by atoms with E-state index in [1.54, 1.807) is 0 Å². The van der Waals surface area contributed by atoms with Gasteiger partial charge in [0.1, 0.15) is 5.75 Å². The standard InChI is InChI=1S/C21H34N4O2/c1-16(2)14-25-9-11-26-18(15-25)13-24-21(22-3)23-12-17-8-10-27-20-7-5-4-6-19(17)20/h4-7,16-18H,8-15H2,1-3H3,(H2,22,23,24). The number of guanidine groups is 1. The Bertz CT molecular complexity index is 620. The van der Waals surface area contributed by atoms with E-state index in [4.69, 9.17) is 9.47 Å². The average molecular weight is 375 g/mol. The first-order valence-corrected chi connectivity index (χ1v) is 10.2. The van der Waals surface area contributed by atoms with Crippen LogP contribution in [0.3, 0.4) is 0 Å². The first-order chi connectivity index (χ1) is 13.2. The summed E-state index contributed by atoms with van der Waals surface area (Å²) in [5.41, 5.74) is 1.28. The van der Waals surface area contributed by atoms with Crippen molar-refractivity contribution in [3.8, 4) is 5.75 Å². The summed E-state index contributed by atoms with van der Waals surface area (Å²) < 4.78 is 11.7. The van der Waals surface area contributed by atoms with Crippen molar-refractivity contribution in [2.45, 2.75) is 32.3 Å². The summed E-state index contributed by atoms with van der Waals surface area (Å²) in [6, 6.07) is 8.33. The van der Waals surface area contributed by atoms with Gasteiger partial charge in [0, 0.05) is 45.7 Å². The van der Waals surface area contributed by atoms with Crippen molar-refractivity contribution in [3.05, 3.63) is 29.8 Å². The van der Waals surface area contributed by atoms with E-state index < -0.39 is 0 Å². The second kappa shape index (κ2) is 9.95. The molecule has 27 heavy (non-hydrogen) atoms. The largest absolute Gasteiger partial charge is 0.493 e. The van der Waals surface area contributed by atoms with E-state index in [0.29, 0.717) is 11.8 Å². The van der Waals surface area contributed by atoms with E-state index in [9.17, 15) is 0 Å². The first-order valence-electron chi connectivity index (χ1n) is 10.2. The third kappa shape index (κ3) is 5.84. The molecule has 150 valence electrons. The Hall–Kier alpha value is -1.79. The van der Waals surface area contributed by atoms with Crippen molar-refractivity contribution in [2.75, 3.05) is 53.0 Å². The van der Waals surface area contributed by atoms with Crippen molar-refractivity contribution in [3.63, 3.8) is 0 Å². The van der Waals surface area contributed by atoms with Crippen LogP contribution in [0.4, 0.5) is 0 Å². The maximum Gasteiger partial charge on any atom is 0.191 e. The molecule has 0 spiro atoms. The van der Waals surface area contributed by atoms with Crippen molar-refractivity contribution in [1.29, 1.82) is 0 Å². The van der Waals surface area contributed by atoms with Gasteiger partial charge in [-0.2, -0.15) is 0 Å². The SMILES string of the molecule is CN=C(NCC1CN(CC(C)C)CCO1)NCC1CCOc2ccccc21. The van der Waals surface area contributed by atoms with Crippen LogP contribution in [0.25, 0.3) is 0 Å². The number of benzene rings is 1. The molecule has 0 aromatic heterocycles. The van der Waals surface area contributed by atoms with Crippen LogP contribution in [-0.2, 0) is 4.74 Å². The van der Waals surface area contributed by atoms with Crippen LogP contribution < -0.4 is 15.4 Å². The normalized spacial score (nSPS) is 23.6. The molecule has 0 saturated carbocycles. The van der Waals surface area contributed by atoms with Crippen LogP contribution in [0.15, 0.2) is 29.3 Å². The molecule has 2 aliphatic heterocycles. The molecule has 2 aliphatic rings. The molecule has 0 amide bonds. The minimum Gasteiger partial charge on any atom is -0.493 e. The number of nitrogens with one attached hydrogen (secondary N) is 2. The summed E-state index contributed by atoms with van der Waals surface area (Å²) in [7, 11) is 1.82. The van der Waals surface area contributed by atoms with Crippen LogP contribution >= 0.6 is 0 Å². The van der Waals surface area contributed by atoms with Crippen LogP contribution in [0.2, 0.25) is 0 Å². The van der Waals surface area contributed by atoms with E-state index in [1.165, 1.54) is 5.56 Å². The fraction of sp³-hybridized carbons (Fsp3) is 0.667. The molecule has 2 heterocycles. The molecule has 0 radical (unpaired) electrons. The lowest BCUT2D eigenvalue weighted by Gasteiger charge is -2.34. The number of rotatable bonds is 6. The monoisotopic (exact) mass is 374 g/mol. The highest BCUT2D eigenvalue weighted by molar-refractivity contribution is 5.79. The molecule has 1 saturated heterocycles. The lowest BCUT2D eigenvalue weighted by atomic mass is 9.93. The number of hydrogen-bond donors (Lipinski definition) is 2. The molecule has 6 heteroatoms. The number of morpholine rings is 1. The fourth-order valence-electron chi connectivity index (χ4n) is 3.87. The summed E-state index contributed by atoms with van der Waals surface area (Å²) in [6.07, 6.45) is 1.23. The van der Waals surface area contributed by atoms with E-state index in [0.717, 1.165) is 64.1 Å². The van der Waals surface area contributed by atoms with Crippen molar-refractivity contribution >= 4 is 5.96 Å². The predicted molar refractivity (Wildman–Crippen MR) is 110 cm³/mol. The molecule has 1 aromatic carbocycles. The van der Waals surface area contributed by atoms with Gasteiger partial charge in [-0.1, -0.05) is 32.0 Å². The number of para-hydroxylation sites is 1. The van der Waals surface area contributed by atoms with Gasteiger partial charge in [-0.3, -0.25) is 9.89 Å². The lowest BCUT2D eigenvalue weighted by molar-refractivity contribution is -0.0284. The second-order valence-electron chi connectivity index (χ2n) is 7.85. The zero-order valence-corrected chi connectivity index (χ0v) is 16.9. The molecule has 0 bridgehead atoms. The fourth-order valence-corrected chi connectivity index (χ4v) is 3.87. The van der Waals surface area contributed by atoms with E-state index >= 15 is 0 Å². The zero-order chi connectivity index (χ0) is 19.1. The van der Waals surface area contributed by atoms with E-state index in [1.807, 2.05) is 13.1 Å². The molecule has 2 unspecified atom stereocenters. The highest BCUT2D eigenvalue weighted by Crippen LogP contribution is 2.32. The Kier molecular flexibility index (Phi) is 7.35. The van der Waals surface area contributed by atoms with E-state index in [2.05, 4.69) is 52.6 Å². The topological polar surface area (TPSA) is 58.1 Å². The van der Waals surface area contributed by atoms with Gasteiger partial charge in [-0.15, -0.1) is 0 Å². The number of aliphatic imine (C=N–C) groups is 1. The van der Waals surface area contributed by atoms with Gasteiger partial charge in [0.15, 0.2) is 5.96 Å². The summed E-state index contributed by atoms with van der Waals surface area (Å²) in [6.45, 7) is 10.9. The van der Waals surface area contributed by atoms with Gasteiger partial charge in [-0.25, -0.2) is 0 Å². The molecule has 2 atom stereocenters. The Morgan fingerprint density at radius 3 is 2.85 bits per heavy atom. The van der Waals surface area contributed by atoms with Gasteiger partial charge in [0.2, 0.25) is 0 Å². The smallest absolute Gasteiger partial charge is 0.191 e. The molecule has 3 rings (SSSR count). The van der Waals surface area contributed by atoms with Gasteiger partial charge < -0.3 is 20.1 Å². The van der Waals surface area contributed by atoms with Crippen LogP contribution in [0.1, 0.15) is 31.7 Å². The summed E-state index contributed by atoms with van der Waals surface area (Å²) in [5, 5.41) is 6.91. The molecular formula is C21H34N4O2. The van der Waals surface area contributed by atoms with Gasteiger partial charge >= 0.3 is 0 Å². The summed E-state index contributed by atoms with van der Waals surface area (Å²) in [4.78, 5) is 6.87. The quantitative estimate of drug-likeness (QED) is 0.590. The lowest BCUT2D eigenvalue weighted by Crippen LogP contribution is -2.50. The second-order valence-corrected chi connectivity index (χ2v) is 7.85.